The number of aromatic nitrogens is 2. The third kappa shape index (κ3) is 2.53. The van der Waals surface area contributed by atoms with Gasteiger partial charge < -0.3 is 0 Å². The lowest BCUT2D eigenvalue weighted by atomic mass is 10.1. The molecule has 2 aromatic heterocycles. The molecule has 3 aromatic rings. The first-order chi connectivity index (χ1) is 10.5. The zero-order chi connectivity index (χ0) is 15.7. The van der Waals surface area contributed by atoms with Crippen LogP contribution in [0.2, 0.25) is 0 Å². The molecule has 0 unspecified atom stereocenters. The van der Waals surface area contributed by atoms with Gasteiger partial charge in [-0.15, -0.1) is 0 Å². The molecule has 0 aliphatic heterocycles. The second kappa shape index (κ2) is 5.38. The number of aryl methyl sites for hydroxylation is 2. The number of benzene rings is 1. The summed E-state index contributed by atoms with van der Waals surface area (Å²) in [6, 6.07) is 10.7. The SMILES string of the molecule is Cc1cccnc1S(=O)(=O)Nc1cccc2c(C)ccnc12. The summed E-state index contributed by atoms with van der Waals surface area (Å²) < 4.78 is 27.7. The van der Waals surface area contributed by atoms with Crippen LogP contribution in [0.3, 0.4) is 0 Å². The van der Waals surface area contributed by atoms with E-state index in [1.165, 1.54) is 6.20 Å². The van der Waals surface area contributed by atoms with E-state index < -0.39 is 10.0 Å². The molecule has 0 atom stereocenters. The van der Waals surface area contributed by atoms with Gasteiger partial charge in [0.1, 0.15) is 0 Å². The molecular weight excluding hydrogens is 298 g/mol. The Bertz CT molecular complexity index is 953. The lowest BCUT2D eigenvalue weighted by Gasteiger charge is -2.11. The number of sulfonamides is 1. The van der Waals surface area contributed by atoms with Crippen LogP contribution in [0.25, 0.3) is 10.9 Å². The van der Waals surface area contributed by atoms with E-state index in [0.717, 1.165) is 10.9 Å². The van der Waals surface area contributed by atoms with E-state index in [0.29, 0.717) is 16.8 Å². The number of nitrogens with zero attached hydrogens (tertiary/aromatic N) is 2. The molecule has 0 fully saturated rings. The maximum Gasteiger partial charge on any atom is 0.279 e. The summed E-state index contributed by atoms with van der Waals surface area (Å²) in [5, 5.41) is 0.945. The van der Waals surface area contributed by atoms with Crippen molar-refractivity contribution in [3.05, 3.63) is 59.9 Å². The van der Waals surface area contributed by atoms with Gasteiger partial charge in [0, 0.05) is 17.8 Å². The number of nitrogens with one attached hydrogen (secondary N) is 1. The van der Waals surface area contributed by atoms with Crippen LogP contribution in [-0.4, -0.2) is 18.4 Å². The van der Waals surface area contributed by atoms with Gasteiger partial charge in [-0.1, -0.05) is 18.2 Å². The number of hydrogen-bond donors (Lipinski definition) is 1. The Hall–Kier alpha value is -2.47. The molecule has 0 amide bonds. The molecule has 3 rings (SSSR count). The van der Waals surface area contributed by atoms with E-state index in [2.05, 4.69) is 14.7 Å². The summed E-state index contributed by atoms with van der Waals surface area (Å²) in [5.41, 5.74) is 2.71. The van der Waals surface area contributed by atoms with E-state index in [9.17, 15) is 8.42 Å². The van der Waals surface area contributed by atoms with Crippen LogP contribution < -0.4 is 4.72 Å². The standard InChI is InChI=1S/C16H15N3O2S/c1-11-8-10-17-15-13(11)6-3-7-14(15)19-22(20,21)16-12(2)5-4-9-18-16/h3-10,19H,1-2H3. The minimum Gasteiger partial charge on any atom is -0.276 e. The smallest absolute Gasteiger partial charge is 0.276 e. The molecule has 6 heteroatoms. The van der Waals surface area contributed by atoms with Gasteiger partial charge in [0.05, 0.1) is 11.2 Å². The van der Waals surface area contributed by atoms with Gasteiger partial charge in [0.2, 0.25) is 0 Å². The van der Waals surface area contributed by atoms with Crippen molar-refractivity contribution >= 4 is 26.6 Å². The molecule has 0 saturated heterocycles. The lowest BCUT2D eigenvalue weighted by molar-refractivity contribution is 0.597. The maximum absolute atomic E-state index is 12.5. The monoisotopic (exact) mass is 313 g/mol. The Kier molecular flexibility index (Phi) is 3.54. The Balaban J connectivity index is 2.11. The quantitative estimate of drug-likeness (QED) is 0.806. The highest BCUT2D eigenvalue weighted by atomic mass is 32.2. The van der Waals surface area contributed by atoms with Crippen LogP contribution in [0, 0.1) is 13.8 Å². The number of anilines is 1. The normalized spacial score (nSPS) is 11.5. The molecule has 5 nitrogen and oxygen atoms in total. The fraction of sp³-hybridized carbons (Fsp3) is 0.125. The molecule has 0 aliphatic rings. The van der Waals surface area contributed by atoms with Crippen LogP contribution >= 0.6 is 0 Å². The van der Waals surface area contributed by atoms with E-state index in [-0.39, 0.29) is 5.03 Å². The number of para-hydroxylation sites is 1. The summed E-state index contributed by atoms with van der Waals surface area (Å²) >= 11 is 0. The topological polar surface area (TPSA) is 72.0 Å². The largest absolute Gasteiger partial charge is 0.279 e. The van der Waals surface area contributed by atoms with Gasteiger partial charge in [0.25, 0.3) is 10.0 Å². The highest BCUT2D eigenvalue weighted by molar-refractivity contribution is 7.92. The van der Waals surface area contributed by atoms with Crippen molar-refractivity contribution in [3.63, 3.8) is 0 Å². The third-order valence-electron chi connectivity index (χ3n) is 3.45. The average Bonchev–Trinajstić information content (AvgIpc) is 2.48. The van der Waals surface area contributed by atoms with Crippen molar-refractivity contribution in [3.8, 4) is 0 Å². The summed E-state index contributed by atoms with van der Waals surface area (Å²) in [6.45, 7) is 3.68. The summed E-state index contributed by atoms with van der Waals surface area (Å²) in [5.74, 6) is 0. The van der Waals surface area contributed by atoms with Crippen molar-refractivity contribution in [1.82, 2.24) is 9.97 Å². The minimum atomic E-state index is -3.75. The fourth-order valence-corrected chi connectivity index (χ4v) is 3.58. The molecule has 0 radical (unpaired) electrons. The molecule has 0 aliphatic carbocycles. The Labute approximate surface area is 129 Å². The van der Waals surface area contributed by atoms with Gasteiger partial charge in [-0.25, -0.2) is 4.98 Å². The molecule has 22 heavy (non-hydrogen) atoms. The third-order valence-corrected chi connectivity index (χ3v) is 4.87. The van der Waals surface area contributed by atoms with E-state index in [1.807, 2.05) is 19.1 Å². The number of hydrogen-bond acceptors (Lipinski definition) is 4. The lowest BCUT2D eigenvalue weighted by Crippen LogP contribution is -2.16. The van der Waals surface area contributed by atoms with Crippen LogP contribution in [-0.2, 0) is 10.0 Å². The minimum absolute atomic E-state index is 0.0275. The number of rotatable bonds is 3. The van der Waals surface area contributed by atoms with Gasteiger partial charge in [-0.2, -0.15) is 8.42 Å². The fourth-order valence-electron chi connectivity index (χ4n) is 2.34. The van der Waals surface area contributed by atoms with Crippen LogP contribution in [0.15, 0.2) is 53.8 Å². The number of fused-ring (bicyclic) bond motifs is 1. The molecule has 1 aromatic carbocycles. The predicted molar refractivity (Wildman–Crippen MR) is 86.3 cm³/mol. The second-order valence-electron chi connectivity index (χ2n) is 5.06. The van der Waals surface area contributed by atoms with Crippen molar-refractivity contribution < 1.29 is 8.42 Å². The first-order valence-corrected chi connectivity index (χ1v) is 8.26. The van der Waals surface area contributed by atoms with Crippen LogP contribution in [0.5, 0.6) is 0 Å². The number of pyridine rings is 2. The van der Waals surface area contributed by atoms with Gasteiger partial charge in [-0.05, 0) is 43.2 Å². The molecule has 1 N–H and O–H groups in total. The predicted octanol–water partition coefficient (Wildman–Crippen LogP) is 3.05. The van der Waals surface area contributed by atoms with Crippen molar-refractivity contribution in [1.29, 1.82) is 0 Å². The van der Waals surface area contributed by atoms with E-state index in [4.69, 9.17) is 0 Å². The van der Waals surface area contributed by atoms with Crippen LogP contribution in [0.4, 0.5) is 5.69 Å². The first-order valence-electron chi connectivity index (χ1n) is 6.78. The Morgan fingerprint density at radius 2 is 1.73 bits per heavy atom. The Morgan fingerprint density at radius 1 is 0.909 bits per heavy atom. The van der Waals surface area contributed by atoms with E-state index >= 15 is 0 Å². The molecule has 2 heterocycles. The van der Waals surface area contributed by atoms with Gasteiger partial charge in [0.15, 0.2) is 5.03 Å². The van der Waals surface area contributed by atoms with E-state index in [1.54, 1.807) is 37.4 Å². The summed E-state index contributed by atoms with van der Waals surface area (Å²) in [7, 11) is -3.75. The zero-order valence-electron chi connectivity index (χ0n) is 12.2. The molecular formula is C16H15N3O2S. The highest BCUT2D eigenvalue weighted by Crippen LogP contribution is 2.26. The summed E-state index contributed by atoms with van der Waals surface area (Å²) in [4.78, 5) is 8.27. The van der Waals surface area contributed by atoms with Crippen molar-refractivity contribution in [2.75, 3.05) is 4.72 Å². The molecule has 0 bridgehead atoms. The molecule has 112 valence electrons. The van der Waals surface area contributed by atoms with Crippen molar-refractivity contribution in [2.45, 2.75) is 18.9 Å². The zero-order valence-corrected chi connectivity index (χ0v) is 13.1. The molecule has 0 saturated carbocycles. The van der Waals surface area contributed by atoms with Gasteiger partial charge in [-0.3, -0.25) is 9.71 Å². The summed E-state index contributed by atoms with van der Waals surface area (Å²) in [6.07, 6.45) is 3.13. The second-order valence-corrected chi connectivity index (χ2v) is 6.66. The average molecular weight is 313 g/mol. The first kappa shape index (κ1) is 14.5. The van der Waals surface area contributed by atoms with Crippen molar-refractivity contribution in [2.24, 2.45) is 0 Å². The Morgan fingerprint density at radius 3 is 2.50 bits per heavy atom. The van der Waals surface area contributed by atoms with Crippen LogP contribution in [0.1, 0.15) is 11.1 Å². The van der Waals surface area contributed by atoms with Gasteiger partial charge >= 0.3 is 0 Å². The molecule has 0 spiro atoms. The maximum atomic E-state index is 12.5. The highest BCUT2D eigenvalue weighted by Gasteiger charge is 2.19.